The van der Waals surface area contributed by atoms with Crippen LogP contribution in [-0.4, -0.2) is 41.2 Å². The SMILES string of the molecule is CC(O)(c1ccc(C(=O)N2CCCCC2CN)cc1)C(F)(F)F. The molecule has 1 heterocycles. The Kier molecular flexibility index (Phi) is 5.01. The first-order valence-corrected chi connectivity index (χ1v) is 7.59. The molecule has 1 aliphatic heterocycles. The molecule has 128 valence electrons. The highest BCUT2D eigenvalue weighted by Gasteiger charge is 2.51. The number of halogens is 3. The lowest BCUT2D eigenvalue weighted by Gasteiger charge is -2.35. The molecule has 0 radical (unpaired) electrons. The number of benzene rings is 1. The summed E-state index contributed by atoms with van der Waals surface area (Å²) in [5.74, 6) is -0.238. The van der Waals surface area contributed by atoms with Gasteiger partial charge in [0.1, 0.15) is 0 Å². The lowest BCUT2D eigenvalue weighted by molar-refractivity contribution is -0.258. The van der Waals surface area contributed by atoms with Gasteiger partial charge in [0.25, 0.3) is 5.91 Å². The van der Waals surface area contributed by atoms with Crippen molar-refractivity contribution < 1.29 is 23.1 Å². The van der Waals surface area contributed by atoms with E-state index in [9.17, 15) is 23.1 Å². The summed E-state index contributed by atoms with van der Waals surface area (Å²) < 4.78 is 38.5. The molecule has 1 aromatic carbocycles. The standard InChI is InChI=1S/C16H21F3N2O2/c1-15(23,16(17,18)19)12-7-5-11(6-8-12)14(22)21-9-3-2-4-13(21)10-20/h5-8,13,23H,2-4,9-10,20H2,1H3. The molecule has 0 aliphatic carbocycles. The Hall–Kier alpha value is -1.60. The van der Waals surface area contributed by atoms with Gasteiger partial charge in [-0.05, 0) is 43.9 Å². The fourth-order valence-electron chi connectivity index (χ4n) is 2.78. The van der Waals surface area contributed by atoms with Crippen LogP contribution in [0.4, 0.5) is 13.2 Å². The van der Waals surface area contributed by atoms with Crippen LogP contribution in [0.2, 0.25) is 0 Å². The number of nitrogens with two attached hydrogens (primary N) is 1. The summed E-state index contributed by atoms with van der Waals surface area (Å²) in [4.78, 5) is 14.2. The summed E-state index contributed by atoms with van der Waals surface area (Å²) >= 11 is 0. The van der Waals surface area contributed by atoms with Gasteiger partial charge in [-0.3, -0.25) is 4.79 Å². The first-order chi connectivity index (χ1) is 10.7. The first-order valence-electron chi connectivity index (χ1n) is 7.59. The van der Waals surface area contributed by atoms with Gasteiger partial charge in [-0.1, -0.05) is 12.1 Å². The molecule has 23 heavy (non-hydrogen) atoms. The highest BCUT2D eigenvalue weighted by atomic mass is 19.4. The van der Waals surface area contributed by atoms with E-state index in [-0.39, 0.29) is 17.5 Å². The summed E-state index contributed by atoms with van der Waals surface area (Å²) in [6, 6.07) is 4.89. The summed E-state index contributed by atoms with van der Waals surface area (Å²) in [6.45, 7) is 1.66. The van der Waals surface area contributed by atoms with E-state index in [1.807, 2.05) is 0 Å². The van der Waals surface area contributed by atoms with Crippen LogP contribution < -0.4 is 5.73 Å². The van der Waals surface area contributed by atoms with E-state index >= 15 is 0 Å². The third-order valence-corrected chi connectivity index (χ3v) is 4.41. The van der Waals surface area contributed by atoms with Crippen LogP contribution >= 0.6 is 0 Å². The van der Waals surface area contributed by atoms with Crippen molar-refractivity contribution in [3.8, 4) is 0 Å². The van der Waals surface area contributed by atoms with Crippen molar-refractivity contribution in [1.82, 2.24) is 4.90 Å². The van der Waals surface area contributed by atoms with Crippen molar-refractivity contribution in [2.24, 2.45) is 5.73 Å². The molecule has 1 saturated heterocycles. The number of amides is 1. The Morgan fingerprint density at radius 3 is 2.43 bits per heavy atom. The largest absolute Gasteiger partial charge is 0.421 e. The first kappa shape index (κ1) is 17.7. The fourth-order valence-corrected chi connectivity index (χ4v) is 2.78. The van der Waals surface area contributed by atoms with Gasteiger partial charge in [-0.15, -0.1) is 0 Å². The van der Waals surface area contributed by atoms with Crippen LogP contribution in [-0.2, 0) is 5.60 Å². The highest BCUT2D eigenvalue weighted by molar-refractivity contribution is 5.94. The monoisotopic (exact) mass is 330 g/mol. The number of carbonyl (C=O) groups excluding carboxylic acids is 1. The van der Waals surface area contributed by atoms with Crippen LogP contribution in [0.15, 0.2) is 24.3 Å². The molecule has 4 nitrogen and oxygen atoms in total. The third kappa shape index (κ3) is 3.50. The lowest BCUT2D eigenvalue weighted by atomic mass is 9.94. The summed E-state index contributed by atoms with van der Waals surface area (Å²) in [6.07, 6.45) is -2.04. The molecule has 7 heteroatoms. The Morgan fingerprint density at radius 2 is 1.91 bits per heavy atom. The molecule has 0 bridgehead atoms. The number of piperidine rings is 1. The molecule has 0 spiro atoms. The van der Waals surface area contributed by atoms with Gasteiger partial charge in [0.15, 0.2) is 5.60 Å². The zero-order chi connectivity index (χ0) is 17.3. The topological polar surface area (TPSA) is 66.6 Å². The van der Waals surface area contributed by atoms with Crippen molar-refractivity contribution in [3.63, 3.8) is 0 Å². The number of carbonyl (C=O) groups is 1. The van der Waals surface area contributed by atoms with Gasteiger partial charge in [0, 0.05) is 24.7 Å². The van der Waals surface area contributed by atoms with E-state index in [1.54, 1.807) is 4.90 Å². The maximum absolute atomic E-state index is 12.8. The number of hydrogen-bond donors (Lipinski definition) is 2. The van der Waals surface area contributed by atoms with Gasteiger partial charge < -0.3 is 15.7 Å². The van der Waals surface area contributed by atoms with Crippen LogP contribution in [0.5, 0.6) is 0 Å². The number of hydrogen-bond acceptors (Lipinski definition) is 3. The van der Waals surface area contributed by atoms with Crippen LogP contribution in [0, 0.1) is 0 Å². The minimum atomic E-state index is -4.78. The molecule has 1 aromatic rings. The maximum atomic E-state index is 12.8. The normalized spacial score (nSPS) is 21.8. The minimum absolute atomic E-state index is 0.0331. The summed E-state index contributed by atoms with van der Waals surface area (Å²) in [7, 11) is 0. The summed E-state index contributed by atoms with van der Waals surface area (Å²) in [5, 5.41) is 9.64. The van der Waals surface area contributed by atoms with E-state index in [0.717, 1.165) is 31.4 Å². The van der Waals surface area contributed by atoms with Crippen molar-refractivity contribution in [3.05, 3.63) is 35.4 Å². The third-order valence-electron chi connectivity index (χ3n) is 4.41. The van der Waals surface area contributed by atoms with Gasteiger partial charge in [-0.2, -0.15) is 13.2 Å². The predicted molar refractivity (Wildman–Crippen MR) is 79.8 cm³/mol. The smallest absolute Gasteiger partial charge is 0.376 e. The van der Waals surface area contributed by atoms with Crippen molar-refractivity contribution in [2.75, 3.05) is 13.1 Å². The molecular weight excluding hydrogens is 309 g/mol. The number of aliphatic hydroxyl groups is 1. The lowest BCUT2D eigenvalue weighted by Crippen LogP contribution is -2.47. The second-order valence-electron chi connectivity index (χ2n) is 6.03. The van der Waals surface area contributed by atoms with Crippen molar-refractivity contribution in [2.45, 2.75) is 44.0 Å². The molecule has 1 amide bonds. The number of likely N-dealkylation sites (tertiary alicyclic amines) is 1. The molecule has 0 saturated carbocycles. The van der Waals surface area contributed by atoms with E-state index in [1.165, 1.54) is 12.1 Å². The van der Waals surface area contributed by atoms with Gasteiger partial charge in [0.05, 0.1) is 0 Å². The predicted octanol–water partition coefficient (Wildman–Crippen LogP) is 2.41. The van der Waals surface area contributed by atoms with Crippen LogP contribution in [0.1, 0.15) is 42.1 Å². The Morgan fingerprint density at radius 1 is 1.30 bits per heavy atom. The zero-order valence-corrected chi connectivity index (χ0v) is 12.9. The molecule has 3 N–H and O–H groups in total. The Bertz CT molecular complexity index is 555. The number of rotatable bonds is 3. The van der Waals surface area contributed by atoms with Crippen LogP contribution in [0.3, 0.4) is 0 Å². The minimum Gasteiger partial charge on any atom is -0.376 e. The van der Waals surface area contributed by atoms with Gasteiger partial charge >= 0.3 is 6.18 Å². The molecule has 2 atom stereocenters. The molecule has 2 unspecified atom stereocenters. The van der Waals surface area contributed by atoms with Crippen molar-refractivity contribution >= 4 is 5.91 Å². The molecule has 2 rings (SSSR count). The molecular formula is C16H21F3N2O2. The van der Waals surface area contributed by atoms with Gasteiger partial charge in [-0.25, -0.2) is 0 Å². The highest BCUT2D eigenvalue weighted by Crippen LogP contribution is 2.38. The molecule has 0 aromatic heterocycles. The zero-order valence-electron chi connectivity index (χ0n) is 12.9. The van der Waals surface area contributed by atoms with E-state index in [2.05, 4.69) is 0 Å². The van der Waals surface area contributed by atoms with E-state index in [4.69, 9.17) is 5.73 Å². The number of nitrogens with zero attached hydrogens (tertiary/aromatic N) is 1. The average Bonchev–Trinajstić information content (AvgIpc) is 2.53. The Labute approximate surface area is 133 Å². The average molecular weight is 330 g/mol. The van der Waals surface area contributed by atoms with Crippen LogP contribution in [0.25, 0.3) is 0 Å². The quantitative estimate of drug-likeness (QED) is 0.894. The van der Waals surface area contributed by atoms with Crippen molar-refractivity contribution in [1.29, 1.82) is 0 Å². The summed E-state index contributed by atoms with van der Waals surface area (Å²) in [5.41, 5.74) is 2.74. The van der Waals surface area contributed by atoms with Gasteiger partial charge in [0.2, 0.25) is 0 Å². The fraction of sp³-hybridized carbons (Fsp3) is 0.562. The molecule has 1 aliphatic rings. The second kappa shape index (κ2) is 6.49. The van der Waals surface area contributed by atoms with E-state index < -0.39 is 11.8 Å². The molecule has 1 fully saturated rings. The Balaban J connectivity index is 2.21. The number of alkyl halides is 3. The van der Waals surface area contributed by atoms with E-state index in [0.29, 0.717) is 25.6 Å². The maximum Gasteiger partial charge on any atom is 0.421 e. The second-order valence-corrected chi connectivity index (χ2v) is 6.03.